The third kappa shape index (κ3) is 2.75. The molecule has 0 spiro atoms. The summed E-state index contributed by atoms with van der Waals surface area (Å²) < 4.78 is 6.49. The fraction of sp³-hybridized carbons (Fsp3) is 0.417. The van der Waals surface area contributed by atoms with Gasteiger partial charge in [-0.05, 0) is 31.0 Å². The Morgan fingerprint density at radius 3 is 3.12 bits per heavy atom. The lowest BCUT2D eigenvalue weighted by Gasteiger charge is -2.13. The molecule has 84 valence electrons. The summed E-state index contributed by atoms with van der Waals surface area (Å²) in [6.07, 6.45) is 2.52. The van der Waals surface area contributed by atoms with E-state index in [-0.39, 0.29) is 6.10 Å². The second kappa shape index (κ2) is 5.33. The summed E-state index contributed by atoms with van der Waals surface area (Å²) in [5.41, 5.74) is 1.54. The van der Waals surface area contributed by atoms with Gasteiger partial charge in [0, 0.05) is 17.6 Å². The first-order valence-corrected chi connectivity index (χ1v) is 6.14. The molecule has 1 aromatic carbocycles. The van der Waals surface area contributed by atoms with E-state index in [9.17, 15) is 0 Å². The molecule has 3 nitrogen and oxygen atoms in total. The fourth-order valence-electron chi connectivity index (χ4n) is 1.79. The van der Waals surface area contributed by atoms with Crippen LogP contribution in [-0.4, -0.2) is 19.3 Å². The van der Waals surface area contributed by atoms with Crippen molar-refractivity contribution >= 4 is 21.6 Å². The van der Waals surface area contributed by atoms with Crippen LogP contribution in [0, 0.1) is 11.3 Å². The van der Waals surface area contributed by atoms with Crippen molar-refractivity contribution in [3.05, 3.63) is 28.2 Å². The second-order valence-electron chi connectivity index (χ2n) is 3.82. The van der Waals surface area contributed by atoms with Gasteiger partial charge in [0.2, 0.25) is 0 Å². The molecule has 0 bridgehead atoms. The monoisotopic (exact) mass is 280 g/mol. The first-order valence-electron chi connectivity index (χ1n) is 5.35. The molecule has 1 atom stereocenters. The van der Waals surface area contributed by atoms with E-state index < -0.39 is 0 Å². The van der Waals surface area contributed by atoms with Crippen LogP contribution in [-0.2, 0) is 4.74 Å². The van der Waals surface area contributed by atoms with Gasteiger partial charge in [0.05, 0.1) is 17.4 Å². The Bertz CT molecular complexity index is 408. The zero-order valence-electron chi connectivity index (χ0n) is 8.87. The first kappa shape index (κ1) is 11.4. The van der Waals surface area contributed by atoms with Crippen molar-refractivity contribution in [3.63, 3.8) is 0 Å². The third-order valence-electron chi connectivity index (χ3n) is 2.65. The summed E-state index contributed by atoms with van der Waals surface area (Å²) >= 11 is 3.40. The molecule has 0 amide bonds. The zero-order valence-corrected chi connectivity index (χ0v) is 10.5. The van der Waals surface area contributed by atoms with E-state index in [4.69, 9.17) is 10.00 Å². The van der Waals surface area contributed by atoms with E-state index in [1.807, 2.05) is 18.2 Å². The van der Waals surface area contributed by atoms with Crippen LogP contribution in [0.25, 0.3) is 0 Å². The molecule has 1 N–H and O–H groups in total. The minimum Gasteiger partial charge on any atom is -0.381 e. The van der Waals surface area contributed by atoms with Crippen LogP contribution in [0.1, 0.15) is 18.4 Å². The molecular formula is C12H13BrN2O. The van der Waals surface area contributed by atoms with Gasteiger partial charge in [-0.15, -0.1) is 0 Å². The summed E-state index contributed by atoms with van der Waals surface area (Å²) in [5, 5.41) is 12.2. The number of halogens is 1. The van der Waals surface area contributed by atoms with E-state index in [2.05, 4.69) is 27.3 Å². The fourth-order valence-corrected chi connectivity index (χ4v) is 2.15. The minimum atomic E-state index is 0.283. The lowest BCUT2D eigenvalue weighted by molar-refractivity contribution is 0.120. The highest BCUT2D eigenvalue weighted by atomic mass is 79.9. The predicted molar refractivity (Wildman–Crippen MR) is 66.3 cm³/mol. The van der Waals surface area contributed by atoms with Gasteiger partial charge in [0.15, 0.2) is 0 Å². The van der Waals surface area contributed by atoms with E-state index in [0.717, 1.165) is 36.2 Å². The van der Waals surface area contributed by atoms with Gasteiger partial charge in [-0.2, -0.15) is 5.26 Å². The number of rotatable bonds is 3. The van der Waals surface area contributed by atoms with Gasteiger partial charge in [0.25, 0.3) is 0 Å². The Morgan fingerprint density at radius 1 is 1.56 bits per heavy atom. The maximum Gasteiger partial charge on any atom is 0.101 e. The third-order valence-corrected chi connectivity index (χ3v) is 3.14. The topological polar surface area (TPSA) is 45.0 Å². The molecule has 0 saturated carbocycles. The molecule has 0 unspecified atom stereocenters. The minimum absolute atomic E-state index is 0.283. The number of nitrogens with one attached hydrogen (secondary N) is 1. The summed E-state index contributed by atoms with van der Waals surface area (Å²) in [6.45, 7) is 1.63. The summed E-state index contributed by atoms with van der Waals surface area (Å²) in [5.74, 6) is 0. The van der Waals surface area contributed by atoms with Crippen molar-refractivity contribution < 1.29 is 4.74 Å². The smallest absolute Gasteiger partial charge is 0.101 e. The Balaban J connectivity index is 2.02. The number of benzene rings is 1. The molecule has 0 radical (unpaired) electrons. The van der Waals surface area contributed by atoms with Gasteiger partial charge < -0.3 is 10.1 Å². The Morgan fingerprint density at radius 2 is 2.44 bits per heavy atom. The molecule has 2 rings (SSSR count). The number of nitrogens with zero attached hydrogens (tertiary/aromatic N) is 1. The van der Waals surface area contributed by atoms with E-state index in [1.165, 1.54) is 0 Å². The van der Waals surface area contributed by atoms with Gasteiger partial charge in [0.1, 0.15) is 6.07 Å². The average molecular weight is 281 g/mol. The van der Waals surface area contributed by atoms with Crippen LogP contribution in [0.4, 0.5) is 5.69 Å². The predicted octanol–water partition coefficient (Wildman–Crippen LogP) is 2.91. The van der Waals surface area contributed by atoms with Crippen LogP contribution in [0.15, 0.2) is 22.7 Å². The number of nitriles is 1. The van der Waals surface area contributed by atoms with Gasteiger partial charge in [-0.1, -0.05) is 15.9 Å². The van der Waals surface area contributed by atoms with Crippen LogP contribution in [0.3, 0.4) is 0 Å². The molecule has 0 aliphatic carbocycles. The Hall–Kier alpha value is -1.05. The SMILES string of the molecule is N#Cc1ccc(Br)cc1NC[C@@H]1CCCO1. The number of ether oxygens (including phenoxy) is 1. The normalized spacial score (nSPS) is 19.4. The van der Waals surface area contributed by atoms with Crippen molar-refractivity contribution in [3.8, 4) is 6.07 Å². The highest BCUT2D eigenvalue weighted by molar-refractivity contribution is 9.10. The molecule has 4 heteroatoms. The van der Waals surface area contributed by atoms with Crippen LogP contribution < -0.4 is 5.32 Å². The summed E-state index contributed by atoms with van der Waals surface area (Å²) in [7, 11) is 0. The summed E-state index contributed by atoms with van der Waals surface area (Å²) in [6, 6.07) is 7.78. The van der Waals surface area contributed by atoms with Gasteiger partial charge in [-0.3, -0.25) is 0 Å². The first-order chi connectivity index (χ1) is 7.79. The van der Waals surface area contributed by atoms with Crippen molar-refractivity contribution in [1.82, 2.24) is 0 Å². The van der Waals surface area contributed by atoms with E-state index >= 15 is 0 Å². The lowest BCUT2D eigenvalue weighted by Crippen LogP contribution is -2.18. The molecule has 16 heavy (non-hydrogen) atoms. The molecule has 1 aliphatic rings. The zero-order chi connectivity index (χ0) is 11.4. The van der Waals surface area contributed by atoms with Crippen molar-refractivity contribution in [2.75, 3.05) is 18.5 Å². The molecule has 1 heterocycles. The maximum absolute atomic E-state index is 8.96. The van der Waals surface area contributed by atoms with Gasteiger partial charge >= 0.3 is 0 Å². The highest BCUT2D eigenvalue weighted by Crippen LogP contribution is 2.21. The largest absolute Gasteiger partial charge is 0.381 e. The van der Waals surface area contributed by atoms with Crippen LogP contribution in [0.5, 0.6) is 0 Å². The van der Waals surface area contributed by atoms with Crippen molar-refractivity contribution in [2.24, 2.45) is 0 Å². The molecule has 0 aromatic heterocycles. The quantitative estimate of drug-likeness (QED) is 0.926. The van der Waals surface area contributed by atoms with Crippen molar-refractivity contribution in [2.45, 2.75) is 18.9 Å². The van der Waals surface area contributed by atoms with Crippen molar-refractivity contribution in [1.29, 1.82) is 5.26 Å². The molecular weight excluding hydrogens is 268 g/mol. The lowest BCUT2D eigenvalue weighted by atomic mass is 10.2. The highest BCUT2D eigenvalue weighted by Gasteiger charge is 2.15. The second-order valence-corrected chi connectivity index (χ2v) is 4.73. The average Bonchev–Trinajstić information content (AvgIpc) is 2.79. The molecule has 1 saturated heterocycles. The molecule has 1 aromatic rings. The van der Waals surface area contributed by atoms with Crippen LogP contribution >= 0.6 is 15.9 Å². The van der Waals surface area contributed by atoms with Gasteiger partial charge in [-0.25, -0.2) is 0 Å². The number of hydrogen-bond acceptors (Lipinski definition) is 3. The summed E-state index contributed by atoms with van der Waals surface area (Å²) in [4.78, 5) is 0. The van der Waals surface area contributed by atoms with E-state index in [1.54, 1.807) is 0 Å². The van der Waals surface area contributed by atoms with Crippen LogP contribution in [0.2, 0.25) is 0 Å². The maximum atomic E-state index is 8.96. The molecule has 1 fully saturated rings. The van der Waals surface area contributed by atoms with E-state index in [0.29, 0.717) is 5.56 Å². The Kier molecular flexibility index (Phi) is 3.81. The number of hydrogen-bond donors (Lipinski definition) is 1. The Labute approximate surface area is 104 Å². The molecule has 1 aliphatic heterocycles. The number of anilines is 1. The standard InChI is InChI=1S/C12H13BrN2O/c13-10-4-3-9(7-14)12(6-10)15-8-11-2-1-5-16-11/h3-4,6,11,15H,1-2,5,8H2/t11-/m0/s1.